The third-order valence-corrected chi connectivity index (χ3v) is 3.20. The average Bonchev–Trinajstić information content (AvgIpc) is 2.45. The van der Waals surface area contributed by atoms with E-state index in [1.807, 2.05) is 19.1 Å². The molecule has 0 aliphatic heterocycles. The molecule has 4 heteroatoms. The van der Waals surface area contributed by atoms with E-state index in [1.165, 1.54) is 11.8 Å². The van der Waals surface area contributed by atoms with E-state index in [2.05, 4.69) is 29.4 Å². The standard InChI is InChI=1S/C16H19N3O/c1-3-12-4-6-13(7-5-12)9-19-16(20)14-10-18-11(2)8-15(14)17/h4-8,10H,3,9H2,1-2H3,(H2,17,18)(H,19,20). The average molecular weight is 269 g/mol. The van der Waals surface area contributed by atoms with E-state index in [-0.39, 0.29) is 5.91 Å². The molecule has 0 radical (unpaired) electrons. The van der Waals surface area contributed by atoms with Crippen molar-refractivity contribution < 1.29 is 4.79 Å². The van der Waals surface area contributed by atoms with Gasteiger partial charge in [0.15, 0.2) is 0 Å². The molecule has 0 aliphatic rings. The maximum Gasteiger partial charge on any atom is 0.255 e. The molecule has 20 heavy (non-hydrogen) atoms. The van der Waals surface area contributed by atoms with Gasteiger partial charge in [0.25, 0.3) is 5.91 Å². The number of anilines is 1. The van der Waals surface area contributed by atoms with Crippen LogP contribution in [0.4, 0.5) is 5.69 Å². The van der Waals surface area contributed by atoms with E-state index in [0.717, 1.165) is 17.7 Å². The van der Waals surface area contributed by atoms with Gasteiger partial charge in [0, 0.05) is 24.1 Å². The Morgan fingerprint density at radius 1 is 1.25 bits per heavy atom. The third kappa shape index (κ3) is 3.35. The summed E-state index contributed by atoms with van der Waals surface area (Å²) in [6, 6.07) is 9.89. The van der Waals surface area contributed by atoms with Crippen LogP contribution in [0.2, 0.25) is 0 Å². The van der Waals surface area contributed by atoms with Crippen LogP contribution in [0, 0.1) is 6.92 Å². The van der Waals surface area contributed by atoms with Crippen molar-refractivity contribution in [2.75, 3.05) is 5.73 Å². The number of nitrogens with two attached hydrogens (primary N) is 1. The van der Waals surface area contributed by atoms with Crippen LogP contribution in [-0.2, 0) is 13.0 Å². The van der Waals surface area contributed by atoms with Gasteiger partial charge in [-0.3, -0.25) is 9.78 Å². The Labute approximate surface area is 119 Å². The summed E-state index contributed by atoms with van der Waals surface area (Å²) < 4.78 is 0. The number of carbonyl (C=O) groups is 1. The summed E-state index contributed by atoms with van der Waals surface area (Å²) >= 11 is 0. The highest BCUT2D eigenvalue weighted by atomic mass is 16.1. The van der Waals surface area contributed by atoms with Crippen LogP contribution in [-0.4, -0.2) is 10.9 Å². The van der Waals surface area contributed by atoms with Crippen molar-refractivity contribution in [3.63, 3.8) is 0 Å². The van der Waals surface area contributed by atoms with E-state index < -0.39 is 0 Å². The first kappa shape index (κ1) is 14.1. The molecule has 104 valence electrons. The summed E-state index contributed by atoms with van der Waals surface area (Å²) in [5.74, 6) is -0.199. The highest BCUT2D eigenvalue weighted by Crippen LogP contribution is 2.11. The van der Waals surface area contributed by atoms with Crippen LogP contribution in [0.15, 0.2) is 36.5 Å². The van der Waals surface area contributed by atoms with Crippen molar-refractivity contribution >= 4 is 11.6 Å². The fraction of sp³-hybridized carbons (Fsp3) is 0.250. The van der Waals surface area contributed by atoms with Crippen LogP contribution in [0.25, 0.3) is 0 Å². The minimum Gasteiger partial charge on any atom is -0.398 e. The Hall–Kier alpha value is -2.36. The fourth-order valence-electron chi connectivity index (χ4n) is 1.94. The number of rotatable bonds is 4. The Morgan fingerprint density at radius 3 is 2.50 bits per heavy atom. The second kappa shape index (κ2) is 6.19. The Morgan fingerprint density at radius 2 is 1.90 bits per heavy atom. The molecule has 0 aliphatic carbocycles. The molecule has 4 nitrogen and oxygen atoms in total. The maximum atomic E-state index is 12.0. The first-order chi connectivity index (χ1) is 9.60. The maximum absolute atomic E-state index is 12.0. The van der Waals surface area contributed by atoms with Gasteiger partial charge in [-0.2, -0.15) is 0 Å². The lowest BCUT2D eigenvalue weighted by atomic mass is 10.1. The number of aromatic nitrogens is 1. The highest BCUT2D eigenvalue weighted by molar-refractivity contribution is 5.98. The zero-order valence-corrected chi connectivity index (χ0v) is 11.8. The van der Waals surface area contributed by atoms with E-state index in [0.29, 0.717) is 17.8 Å². The predicted molar refractivity (Wildman–Crippen MR) is 80.4 cm³/mol. The number of benzene rings is 1. The smallest absolute Gasteiger partial charge is 0.255 e. The highest BCUT2D eigenvalue weighted by Gasteiger charge is 2.09. The topological polar surface area (TPSA) is 68.0 Å². The van der Waals surface area contributed by atoms with Gasteiger partial charge in [0.05, 0.1) is 5.56 Å². The first-order valence-electron chi connectivity index (χ1n) is 6.68. The number of hydrogen-bond donors (Lipinski definition) is 2. The minimum absolute atomic E-state index is 0.199. The molecule has 1 aromatic carbocycles. The van der Waals surface area contributed by atoms with Gasteiger partial charge in [-0.05, 0) is 30.5 Å². The SMILES string of the molecule is CCc1ccc(CNC(=O)c2cnc(C)cc2N)cc1. The summed E-state index contributed by atoms with van der Waals surface area (Å²) in [7, 11) is 0. The molecule has 2 rings (SSSR count). The van der Waals surface area contributed by atoms with Crippen molar-refractivity contribution in [2.24, 2.45) is 0 Å². The normalized spacial score (nSPS) is 10.3. The van der Waals surface area contributed by atoms with Crippen molar-refractivity contribution in [2.45, 2.75) is 26.8 Å². The summed E-state index contributed by atoms with van der Waals surface area (Å²) in [5, 5.41) is 2.85. The van der Waals surface area contributed by atoms with Crippen LogP contribution in [0.5, 0.6) is 0 Å². The quantitative estimate of drug-likeness (QED) is 0.896. The molecule has 0 spiro atoms. The van der Waals surface area contributed by atoms with Gasteiger partial charge < -0.3 is 11.1 Å². The monoisotopic (exact) mass is 269 g/mol. The van der Waals surface area contributed by atoms with E-state index >= 15 is 0 Å². The number of hydrogen-bond acceptors (Lipinski definition) is 3. The molecule has 0 unspecified atom stereocenters. The molecule has 2 aromatic rings. The molecule has 0 bridgehead atoms. The van der Waals surface area contributed by atoms with Crippen molar-refractivity contribution in [3.05, 3.63) is 58.9 Å². The van der Waals surface area contributed by atoms with Gasteiger partial charge in [-0.15, -0.1) is 0 Å². The Balaban J connectivity index is 2.00. The Bertz CT molecular complexity index is 606. The second-order valence-corrected chi connectivity index (χ2v) is 4.77. The van der Waals surface area contributed by atoms with Gasteiger partial charge in [0.1, 0.15) is 0 Å². The molecule has 0 atom stereocenters. The number of pyridine rings is 1. The number of amides is 1. The number of aryl methyl sites for hydroxylation is 2. The second-order valence-electron chi connectivity index (χ2n) is 4.77. The van der Waals surface area contributed by atoms with Crippen molar-refractivity contribution in [3.8, 4) is 0 Å². The zero-order chi connectivity index (χ0) is 14.5. The molecule has 3 N–H and O–H groups in total. The first-order valence-corrected chi connectivity index (χ1v) is 6.68. The van der Waals surface area contributed by atoms with E-state index in [1.54, 1.807) is 6.07 Å². The number of nitrogen functional groups attached to an aromatic ring is 1. The van der Waals surface area contributed by atoms with Crippen LogP contribution in [0.1, 0.15) is 34.1 Å². The lowest BCUT2D eigenvalue weighted by molar-refractivity contribution is 0.0951. The number of carbonyl (C=O) groups excluding carboxylic acids is 1. The lowest BCUT2D eigenvalue weighted by Gasteiger charge is -2.08. The number of nitrogens with one attached hydrogen (secondary N) is 1. The van der Waals surface area contributed by atoms with E-state index in [9.17, 15) is 4.79 Å². The van der Waals surface area contributed by atoms with Crippen molar-refractivity contribution in [1.82, 2.24) is 10.3 Å². The summed E-state index contributed by atoms with van der Waals surface area (Å²) in [6.07, 6.45) is 2.53. The van der Waals surface area contributed by atoms with Crippen LogP contribution >= 0.6 is 0 Å². The fourth-order valence-corrected chi connectivity index (χ4v) is 1.94. The predicted octanol–water partition coefficient (Wildman–Crippen LogP) is 2.46. The van der Waals surface area contributed by atoms with Gasteiger partial charge in [0.2, 0.25) is 0 Å². The van der Waals surface area contributed by atoms with E-state index in [4.69, 9.17) is 5.73 Å². The summed E-state index contributed by atoms with van der Waals surface area (Å²) in [6.45, 7) is 4.44. The molecule has 1 aromatic heterocycles. The molecular weight excluding hydrogens is 250 g/mol. The molecule has 0 fully saturated rings. The van der Waals surface area contributed by atoms with Crippen molar-refractivity contribution in [1.29, 1.82) is 0 Å². The van der Waals surface area contributed by atoms with Gasteiger partial charge >= 0.3 is 0 Å². The molecule has 1 amide bonds. The zero-order valence-electron chi connectivity index (χ0n) is 11.8. The molecule has 0 saturated heterocycles. The van der Waals surface area contributed by atoms with Gasteiger partial charge in [-0.25, -0.2) is 0 Å². The minimum atomic E-state index is -0.199. The molecular formula is C16H19N3O. The van der Waals surface area contributed by atoms with Crippen LogP contribution in [0.3, 0.4) is 0 Å². The summed E-state index contributed by atoms with van der Waals surface area (Å²) in [5.41, 5.74) is 9.85. The largest absolute Gasteiger partial charge is 0.398 e. The van der Waals surface area contributed by atoms with Gasteiger partial charge in [-0.1, -0.05) is 31.2 Å². The third-order valence-electron chi connectivity index (χ3n) is 3.20. The number of nitrogens with zero attached hydrogens (tertiary/aromatic N) is 1. The van der Waals surface area contributed by atoms with Crippen LogP contribution < -0.4 is 11.1 Å². The summed E-state index contributed by atoms with van der Waals surface area (Å²) in [4.78, 5) is 16.1. The lowest BCUT2D eigenvalue weighted by Crippen LogP contribution is -2.24. The Kier molecular flexibility index (Phi) is 4.35. The molecule has 0 saturated carbocycles. The molecule has 1 heterocycles.